The molecule has 25 heavy (non-hydrogen) atoms. The van der Waals surface area contributed by atoms with Gasteiger partial charge in [0.1, 0.15) is 0 Å². The molecule has 0 aromatic carbocycles. The predicted octanol–water partition coefficient (Wildman–Crippen LogP) is 2.51. The molecule has 6 heteroatoms. The van der Waals surface area contributed by atoms with Gasteiger partial charge in [0.25, 0.3) is 0 Å². The summed E-state index contributed by atoms with van der Waals surface area (Å²) in [7, 11) is 1.92. The van der Waals surface area contributed by atoms with Crippen molar-refractivity contribution in [3.05, 3.63) is 22.5 Å². The monoisotopic (exact) mass is 344 g/mol. The van der Waals surface area contributed by atoms with Crippen molar-refractivity contribution < 1.29 is 9.53 Å². The summed E-state index contributed by atoms with van der Waals surface area (Å²) < 4.78 is 7.47. The quantitative estimate of drug-likeness (QED) is 0.905. The van der Waals surface area contributed by atoms with Crippen molar-refractivity contribution in [2.24, 2.45) is 7.05 Å². The fourth-order valence-electron chi connectivity index (χ4n) is 3.88. The first-order valence-corrected chi connectivity index (χ1v) is 9.08. The molecule has 3 heterocycles. The molecule has 1 amide bonds. The number of carbonyl (C=O) groups excluding carboxylic acids is 1. The molecule has 3 rings (SSSR count). The number of nitrogens with one attached hydrogen (secondary N) is 1. The number of carbonyl (C=O) groups is 1. The molecule has 0 bridgehead atoms. The Bertz CT molecular complexity index is 791. The zero-order valence-electron chi connectivity index (χ0n) is 15.8. The third-order valence-corrected chi connectivity index (χ3v) is 5.24. The number of hydrogen-bond donors (Lipinski definition) is 1. The summed E-state index contributed by atoms with van der Waals surface area (Å²) in [6.07, 6.45) is 3.42. The van der Waals surface area contributed by atoms with Gasteiger partial charge in [0, 0.05) is 31.2 Å². The molecule has 1 N–H and O–H groups in total. The summed E-state index contributed by atoms with van der Waals surface area (Å²) in [4.78, 5) is 17.0. The number of ether oxygens (including phenoxy) is 1. The number of hydrogen-bond acceptors (Lipinski definition) is 4. The van der Waals surface area contributed by atoms with Crippen LogP contribution in [0.25, 0.3) is 11.0 Å². The van der Waals surface area contributed by atoms with E-state index >= 15 is 0 Å². The Morgan fingerprint density at radius 3 is 2.80 bits per heavy atom. The minimum Gasteiger partial charge on any atom is -0.376 e. The van der Waals surface area contributed by atoms with Gasteiger partial charge in [-0.05, 0) is 58.1 Å². The van der Waals surface area contributed by atoms with Gasteiger partial charge < -0.3 is 10.1 Å². The van der Waals surface area contributed by atoms with Crippen LogP contribution in [0.15, 0.2) is 0 Å². The minimum absolute atomic E-state index is 0.0679. The van der Waals surface area contributed by atoms with Crippen LogP contribution in [-0.4, -0.2) is 39.4 Å². The maximum absolute atomic E-state index is 12.3. The molecular formula is C19H28N4O2. The Morgan fingerprint density at radius 2 is 2.12 bits per heavy atom. The summed E-state index contributed by atoms with van der Waals surface area (Å²) in [5.74, 6) is 0.0739. The Kier molecular flexibility index (Phi) is 5.08. The van der Waals surface area contributed by atoms with E-state index in [1.807, 2.05) is 32.5 Å². The van der Waals surface area contributed by atoms with E-state index in [-0.39, 0.29) is 18.1 Å². The van der Waals surface area contributed by atoms with E-state index in [4.69, 9.17) is 9.72 Å². The first kappa shape index (κ1) is 17.9. The summed E-state index contributed by atoms with van der Waals surface area (Å²) in [5, 5.41) is 8.66. The lowest BCUT2D eigenvalue weighted by molar-refractivity contribution is -0.122. The lowest BCUT2D eigenvalue weighted by Gasteiger charge is -2.20. The highest BCUT2D eigenvalue weighted by molar-refractivity contribution is 5.84. The second-order valence-corrected chi connectivity index (χ2v) is 7.12. The molecule has 2 atom stereocenters. The van der Waals surface area contributed by atoms with Crippen molar-refractivity contribution in [2.75, 3.05) is 6.61 Å². The second kappa shape index (κ2) is 7.12. The molecule has 6 nitrogen and oxygen atoms in total. The number of fused-ring (bicyclic) bond motifs is 1. The molecule has 0 spiro atoms. The Morgan fingerprint density at radius 1 is 1.36 bits per heavy atom. The fraction of sp³-hybridized carbons (Fsp3) is 0.632. The van der Waals surface area contributed by atoms with Crippen molar-refractivity contribution in [1.29, 1.82) is 0 Å². The Hall–Kier alpha value is -1.95. The van der Waals surface area contributed by atoms with Crippen LogP contribution in [0.1, 0.15) is 48.7 Å². The molecule has 0 radical (unpaired) electrons. The predicted molar refractivity (Wildman–Crippen MR) is 97.6 cm³/mol. The van der Waals surface area contributed by atoms with E-state index in [1.165, 1.54) is 5.56 Å². The zero-order valence-corrected chi connectivity index (χ0v) is 15.8. The van der Waals surface area contributed by atoms with Gasteiger partial charge >= 0.3 is 0 Å². The van der Waals surface area contributed by atoms with Gasteiger partial charge in [-0.15, -0.1) is 0 Å². The molecule has 2 aromatic heterocycles. The van der Waals surface area contributed by atoms with Gasteiger partial charge in [-0.1, -0.05) is 0 Å². The van der Waals surface area contributed by atoms with Crippen LogP contribution in [0, 0.1) is 20.8 Å². The molecule has 1 saturated heterocycles. The van der Waals surface area contributed by atoms with Crippen molar-refractivity contribution in [3.8, 4) is 0 Å². The van der Waals surface area contributed by atoms with Crippen LogP contribution in [0.3, 0.4) is 0 Å². The number of amides is 1. The van der Waals surface area contributed by atoms with E-state index in [9.17, 15) is 4.79 Å². The molecule has 1 fully saturated rings. The first-order valence-electron chi connectivity index (χ1n) is 9.08. The summed E-state index contributed by atoms with van der Waals surface area (Å²) in [5.41, 5.74) is 5.22. The van der Waals surface area contributed by atoms with Crippen LogP contribution < -0.4 is 5.32 Å². The van der Waals surface area contributed by atoms with Gasteiger partial charge in [-0.25, -0.2) is 4.98 Å². The van der Waals surface area contributed by atoms with Gasteiger partial charge in [0.2, 0.25) is 5.91 Å². The standard InChI is InChI=1S/C19H28N4O2/c1-11-15(12(2)21-19-18(11)14(4)22-23(19)5)8-9-17(24)20-13(3)16-7-6-10-25-16/h13,16H,6-10H2,1-5H3,(H,20,24)/t13-,16-/m1/s1. The van der Waals surface area contributed by atoms with Crippen LogP contribution in [0.2, 0.25) is 0 Å². The van der Waals surface area contributed by atoms with Crippen LogP contribution in [0.4, 0.5) is 0 Å². The van der Waals surface area contributed by atoms with E-state index in [0.29, 0.717) is 12.8 Å². The molecule has 2 aromatic rings. The van der Waals surface area contributed by atoms with Crippen LogP contribution >= 0.6 is 0 Å². The highest BCUT2D eigenvalue weighted by Crippen LogP contribution is 2.26. The average Bonchev–Trinajstić information content (AvgIpc) is 3.16. The number of nitrogens with zero attached hydrogens (tertiary/aromatic N) is 3. The van der Waals surface area contributed by atoms with Crippen molar-refractivity contribution in [2.45, 2.75) is 65.5 Å². The third kappa shape index (κ3) is 3.54. The highest BCUT2D eigenvalue weighted by Gasteiger charge is 2.23. The molecule has 0 aliphatic carbocycles. The number of aryl methyl sites for hydroxylation is 4. The Balaban J connectivity index is 1.70. The summed E-state index contributed by atoms with van der Waals surface area (Å²) in [6, 6.07) is 0.0679. The SMILES string of the molecule is Cc1nc2c(c(C)nn2C)c(C)c1CCC(=O)N[C@H](C)[C@H]1CCCO1. The summed E-state index contributed by atoms with van der Waals surface area (Å²) in [6.45, 7) is 8.95. The number of pyridine rings is 1. The average molecular weight is 344 g/mol. The molecule has 136 valence electrons. The second-order valence-electron chi connectivity index (χ2n) is 7.12. The maximum atomic E-state index is 12.3. The number of rotatable bonds is 5. The normalized spacial score (nSPS) is 18.7. The first-order chi connectivity index (χ1) is 11.9. The van der Waals surface area contributed by atoms with E-state index in [2.05, 4.69) is 17.3 Å². The molecule has 1 aliphatic heterocycles. The number of aromatic nitrogens is 3. The van der Waals surface area contributed by atoms with Crippen molar-refractivity contribution in [3.63, 3.8) is 0 Å². The van der Waals surface area contributed by atoms with Gasteiger partial charge in [0.15, 0.2) is 5.65 Å². The molecular weight excluding hydrogens is 316 g/mol. The fourth-order valence-corrected chi connectivity index (χ4v) is 3.88. The van der Waals surface area contributed by atoms with Gasteiger partial charge in [-0.3, -0.25) is 9.48 Å². The zero-order chi connectivity index (χ0) is 18.1. The van der Waals surface area contributed by atoms with E-state index < -0.39 is 0 Å². The van der Waals surface area contributed by atoms with E-state index in [0.717, 1.165) is 47.4 Å². The molecule has 0 saturated carbocycles. The van der Waals surface area contributed by atoms with Crippen molar-refractivity contribution >= 4 is 16.9 Å². The van der Waals surface area contributed by atoms with Crippen LogP contribution in [-0.2, 0) is 23.0 Å². The highest BCUT2D eigenvalue weighted by atomic mass is 16.5. The van der Waals surface area contributed by atoms with Gasteiger partial charge in [-0.2, -0.15) is 5.10 Å². The lowest BCUT2D eigenvalue weighted by atomic mass is 9.99. The molecule has 0 unspecified atom stereocenters. The smallest absolute Gasteiger partial charge is 0.220 e. The Labute approximate surface area is 149 Å². The largest absolute Gasteiger partial charge is 0.376 e. The lowest BCUT2D eigenvalue weighted by Crippen LogP contribution is -2.40. The maximum Gasteiger partial charge on any atom is 0.220 e. The topological polar surface area (TPSA) is 69.0 Å². The summed E-state index contributed by atoms with van der Waals surface area (Å²) >= 11 is 0. The van der Waals surface area contributed by atoms with Crippen LogP contribution in [0.5, 0.6) is 0 Å². The molecule has 1 aliphatic rings. The van der Waals surface area contributed by atoms with Crippen molar-refractivity contribution in [1.82, 2.24) is 20.1 Å². The third-order valence-electron chi connectivity index (χ3n) is 5.24. The van der Waals surface area contributed by atoms with E-state index in [1.54, 1.807) is 0 Å². The van der Waals surface area contributed by atoms with Gasteiger partial charge in [0.05, 0.1) is 17.8 Å². The minimum atomic E-state index is 0.0679.